The number of hydrogen-bond acceptors (Lipinski definition) is 4. The Morgan fingerprint density at radius 3 is 2.72 bits per heavy atom. The number of piperidine rings is 1. The van der Waals surface area contributed by atoms with E-state index in [2.05, 4.69) is 5.32 Å². The third-order valence-electron chi connectivity index (χ3n) is 2.31. The van der Waals surface area contributed by atoms with Crippen molar-refractivity contribution in [3.05, 3.63) is 36.1 Å². The number of hydrogen-bond donors (Lipinski definition) is 1. The molecular formula is C13H15NO4. The number of aldehydes is 1. The van der Waals surface area contributed by atoms with Crippen molar-refractivity contribution in [2.75, 3.05) is 0 Å². The van der Waals surface area contributed by atoms with E-state index in [1.165, 1.54) is 6.08 Å². The fraction of sp³-hybridized carbons (Fsp3) is 0.308. The third-order valence-corrected chi connectivity index (χ3v) is 2.31. The van der Waals surface area contributed by atoms with Crippen molar-refractivity contribution in [3.63, 3.8) is 0 Å². The molecule has 5 heteroatoms. The molecule has 1 unspecified atom stereocenters. The highest BCUT2D eigenvalue weighted by atomic mass is 16.5. The first-order valence-corrected chi connectivity index (χ1v) is 5.62. The Kier molecular flexibility index (Phi) is 5.57. The van der Waals surface area contributed by atoms with Gasteiger partial charge in [0.1, 0.15) is 12.0 Å². The summed E-state index contributed by atoms with van der Waals surface area (Å²) in [6, 6.07) is 0. The van der Waals surface area contributed by atoms with Gasteiger partial charge in [0, 0.05) is 12.8 Å². The molecule has 5 nitrogen and oxygen atoms in total. The van der Waals surface area contributed by atoms with Crippen LogP contribution in [-0.2, 0) is 19.1 Å². The molecular weight excluding hydrogens is 234 g/mol. The number of amides is 2. The molecule has 1 fully saturated rings. The molecule has 0 radical (unpaired) electrons. The van der Waals surface area contributed by atoms with E-state index in [0.717, 1.165) is 0 Å². The number of imide groups is 1. The van der Waals surface area contributed by atoms with Crippen LogP contribution in [-0.4, -0.2) is 24.2 Å². The molecule has 1 aliphatic rings. The van der Waals surface area contributed by atoms with E-state index in [1.54, 1.807) is 31.2 Å². The molecule has 0 bridgehead atoms. The van der Waals surface area contributed by atoms with Crippen molar-refractivity contribution in [2.24, 2.45) is 0 Å². The summed E-state index contributed by atoms with van der Waals surface area (Å²) in [5.74, 6) is -0.172. The Labute approximate surface area is 105 Å². The molecule has 0 aliphatic carbocycles. The molecule has 1 saturated heterocycles. The van der Waals surface area contributed by atoms with E-state index >= 15 is 0 Å². The number of nitrogens with one attached hydrogen (secondary N) is 1. The minimum absolute atomic E-state index is 0.272. The van der Waals surface area contributed by atoms with E-state index < -0.39 is 12.0 Å². The number of ether oxygens (including phenoxy) is 1. The second-order valence-corrected chi connectivity index (χ2v) is 3.63. The minimum Gasteiger partial charge on any atom is -0.481 e. The zero-order valence-electron chi connectivity index (χ0n) is 10.1. The second kappa shape index (κ2) is 7.21. The lowest BCUT2D eigenvalue weighted by Gasteiger charge is -2.22. The van der Waals surface area contributed by atoms with Crippen LogP contribution in [0, 0.1) is 0 Å². The van der Waals surface area contributed by atoms with Gasteiger partial charge in [-0.15, -0.1) is 0 Å². The third kappa shape index (κ3) is 4.37. The van der Waals surface area contributed by atoms with Crippen LogP contribution < -0.4 is 5.32 Å². The van der Waals surface area contributed by atoms with Gasteiger partial charge >= 0.3 is 0 Å². The van der Waals surface area contributed by atoms with Gasteiger partial charge in [-0.05, 0) is 25.2 Å². The van der Waals surface area contributed by atoms with E-state index in [4.69, 9.17) is 4.74 Å². The summed E-state index contributed by atoms with van der Waals surface area (Å²) in [6.07, 6.45) is 8.56. The highest BCUT2D eigenvalue weighted by Crippen LogP contribution is 2.13. The molecule has 1 rings (SSSR count). The molecule has 96 valence electrons. The van der Waals surface area contributed by atoms with E-state index in [0.29, 0.717) is 18.5 Å². The van der Waals surface area contributed by atoms with Crippen molar-refractivity contribution in [1.29, 1.82) is 0 Å². The molecule has 1 heterocycles. The number of allylic oxidation sites excluding steroid dienone is 5. The first kappa shape index (κ1) is 13.9. The molecule has 18 heavy (non-hydrogen) atoms. The summed E-state index contributed by atoms with van der Waals surface area (Å²) < 4.78 is 5.47. The maximum Gasteiger partial charge on any atom is 0.267 e. The van der Waals surface area contributed by atoms with Crippen LogP contribution in [0.4, 0.5) is 0 Å². The SMILES string of the molecule is C\C=C(/C=C\C=C\C=O)OC1CCC(=O)NC1=O. The Balaban J connectivity index is 2.56. The van der Waals surface area contributed by atoms with E-state index in [1.807, 2.05) is 0 Å². The van der Waals surface area contributed by atoms with Crippen LogP contribution in [0.1, 0.15) is 19.8 Å². The topological polar surface area (TPSA) is 72.5 Å². The van der Waals surface area contributed by atoms with Gasteiger partial charge in [-0.2, -0.15) is 0 Å². The van der Waals surface area contributed by atoms with Gasteiger partial charge in [0.2, 0.25) is 5.91 Å². The second-order valence-electron chi connectivity index (χ2n) is 3.63. The average Bonchev–Trinajstić information content (AvgIpc) is 2.35. The molecule has 2 amide bonds. The fourth-order valence-corrected chi connectivity index (χ4v) is 1.41. The lowest BCUT2D eigenvalue weighted by atomic mass is 10.1. The number of carbonyl (C=O) groups is 3. The molecule has 0 spiro atoms. The fourth-order valence-electron chi connectivity index (χ4n) is 1.41. The normalized spacial score (nSPS) is 21.4. The van der Waals surface area contributed by atoms with Crippen LogP contribution in [0.2, 0.25) is 0 Å². The highest BCUT2D eigenvalue weighted by molar-refractivity contribution is 5.99. The number of carbonyl (C=O) groups excluding carboxylic acids is 3. The van der Waals surface area contributed by atoms with Gasteiger partial charge in [0.05, 0.1) is 0 Å². The van der Waals surface area contributed by atoms with Gasteiger partial charge in [-0.3, -0.25) is 19.7 Å². The molecule has 1 atom stereocenters. The Morgan fingerprint density at radius 1 is 1.33 bits per heavy atom. The predicted molar refractivity (Wildman–Crippen MR) is 65.4 cm³/mol. The van der Waals surface area contributed by atoms with Crippen LogP contribution in [0.15, 0.2) is 36.1 Å². The molecule has 1 N–H and O–H groups in total. The highest BCUT2D eigenvalue weighted by Gasteiger charge is 2.28. The van der Waals surface area contributed by atoms with Crippen LogP contribution in [0.5, 0.6) is 0 Å². The number of rotatable bonds is 5. The van der Waals surface area contributed by atoms with Crippen molar-refractivity contribution in [2.45, 2.75) is 25.9 Å². The first-order chi connectivity index (χ1) is 8.67. The van der Waals surface area contributed by atoms with E-state index in [-0.39, 0.29) is 12.3 Å². The summed E-state index contributed by atoms with van der Waals surface area (Å²) in [7, 11) is 0. The van der Waals surface area contributed by atoms with Crippen molar-refractivity contribution in [1.82, 2.24) is 5.32 Å². The predicted octanol–water partition coefficient (Wildman–Crippen LogP) is 1.02. The van der Waals surface area contributed by atoms with Crippen LogP contribution >= 0.6 is 0 Å². The minimum atomic E-state index is -0.645. The van der Waals surface area contributed by atoms with Gasteiger partial charge in [-0.1, -0.05) is 12.2 Å². The van der Waals surface area contributed by atoms with Crippen molar-refractivity contribution >= 4 is 18.1 Å². The van der Waals surface area contributed by atoms with Crippen LogP contribution in [0.25, 0.3) is 0 Å². The monoisotopic (exact) mass is 249 g/mol. The summed E-state index contributed by atoms with van der Waals surface area (Å²) in [5.41, 5.74) is 0. The largest absolute Gasteiger partial charge is 0.481 e. The van der Waals surface area contributed by atoms with Gasteiger partial charge in [0.15, 0.2) is 6.10 Å². The van der Waals surface area contributed by atoms with Crippen molar-refractivity contribution in [3.8, 4) is 0 Å². The molecule has 0 aromatic rings. The maximum absolute atomic E-state index is 11.5. The van der Waals surface area contributed by atoms with Gasteiger partial charge in [0.25, 0.3) is 5.91 Å². The van der Waals surface area contributed by atoms with Gasteiger partial charge < -0.3 is 4.74 Å². The molecule has 0 saturated carbocycles. The quantitative estimate of drug-likeness (QED) is 0.259. The summed E-state index contributed by atoms with van der Waals surface area (Å²) in [5, 5.41) is 2.22. The smallest absolute Gasteiger partial charge is 0.267 e. The standard InChI is InChI=1S/C13H15NO4/c1-2-10(6-4-3-5-9-15)18-11-7-8-12(16)14-13(11)17/h2-6,9,11H,7-8H2,1H3,(H,14,16,17)/b5-3+,6-4-,10-2+. The average molecular weight is 249 g/mol. The Morgan fingerprint density at radius 2 is 2.11 bits per heavy atom. The lowest BCUT2D eigenvalue weighted by molar-refractivity contribution is -0.140. The van der Waals surface area contributed by atoms with Crippen molar-refractivity contribution < 1.29 is 19.1 Å². The molecule has 1 aliphatic heterocycles. The van der Waals surface area contributed by atoms with Gasteiger partial charge in [-0.25, -0.2) is 0 Å². The molecule has 0 aromatic carbocycles. The maximum atomic E-state index is 11.5. The molecule has 0 aromatic heterocycles. The Hall–Kier alpha value is -2.17. The zero-order valence-corrected chi connectivity index (χ0v) is 10.1. The zero-order chi connectivity index (χ0) is 13.4. The van der Waals surface area contributed by atoms with Crippen LogP contribution in [0.3, 0.4) is 0 Å². The van der Waals surface area contributed by atoms with E-state index in [9.17, 15) is 14.4 Å². The lowest BCUT2D eigenvalue weighted by Crippen LogP contribution is -2.44. The summed E-state index contributed by atoms with van der Waals surface area (Å²) >= 11 is 0. The Bertz CT molecular complexity index is 421. The summed E-state index contributed by atoms with van der Waals surface area (Å²) in [6.45, 7) is 1.77. The first-order valence-electron chi connectivity index (χ1n) is 5.62. The summed E-state index contributed by atoms with van der Waals surface area (Å²) in [4.78, 5) is 32.5.